The van der Waals surface area contributed by atoms with Crippen LogP contribution in [0, 0.1) is 23.0 Å². The van der Waals surface area contributed by atoms with Gasteiger partial charge in [0.15, 0.2) is 11.5 Å². The Balaban J connectivity index is 1.58. The first-order chi connectivity index (χ1) is 23.7. The Morgan fingerprint density at radius 1 is 0.980 bits per heavy atom. The van der Waals surface area contributed by atoms with Gasteiger partial charge in [0.25, 0.3) is 11.8 Å². The van der Waals surface area contributed by atoms with Crippen molar-refractivity contribution >= 4 is 11.9 Å². The van der Waals surface area contributed by atoms with Gasteiger partial charge in [0.1, 0.15) is 18.2 Å². The summed E-state index contributed by atoms with van der Waals surface area (Å²) in [6, 6.07) is 21.6. The number of carbonyl (C=O) groups is 2. The number of imidazole rings is 1. The number of carbonyl (C=O) groups excluding carboxylic acids is 1. The second-order valence-corrected chi connectivity index (χ2v) is 10.3. The number of hydrogen-bond donors (Lipinski definition) is 1. The Morgan fingerprint density at radius 2 is 1.73 bits per heavy atom. The van der Waals surface area contributed by atoms with Gasteiger partial charge >= 0.3 is 11.9 Å². The molecule has 3 aromatic carbocycles. The highest BCUT2D eigenvalue weighted by Crippen LogP contribution is 2.41. The molecule has 0 saturated carbocycles. The topological polar surface area (TPSA) is 155 Å². The lowest BCUT2D eigenvalue weighted by atomic mass is 10.2. The fourth-order valence-corrected chi connectivity index (χ4v) is 4.50. The quantitative estimate of drug-likeness (QED) is 0.127. The van der Waals surface area contributed by atoms with Crippen molar-refractivity contribution in [1.29, 1.82) is 5.26 Å². The number of carboxylic acid groups (broad SMARTS) is 1. The molecule has 2 heterocycles. The molecule has 0 fully saturated rings. The van der Waals surface area contributed by atoms with Crippen molar-refractivity contribution < 1.29 is 47.2 Å². The SMILES string of the molecule is CCOC(=O)C(CC(=O)O)Oc1c(F)c(Oc2cccc(-c3nccn3C)c2)nc(Oc2cc(C#N)ccc2OCc2ccccc2)c1F. The Morgan fingerprint density at radius 3 is 2.41 bits per heavy atom. The third-order valence-electron chi connectivity index (χ3n) is 6.79. The van der Waals surface area contributed by atoms with Crippen LogP contribution in [0.2, 0.25) is 0 Å². The summed E-state index contributed by atoms with van der Waals surface area (Å²) in [6.45, 7) is 1.39. The lowest BCUT2D eigenvalue weighted by Crippen LogP contribution is -2.32. The van der Waals surface area contributed by atoms with Crippen LogP contribution in [-0.2, 0) is 28.0 Å². The number of ether oxygens (including phenoxy) is 5. The molecule has 0 aliphatic rings. The molecule has 1 unspecified atom stereocenters. The smallest absolute Gasteiger partial charge is 0.347 e. The maximum atomic E-state index is 16.1. The molecule has 0 saturated heterocycles. The van der Waals surface area contributed by atoms with E-state index in [-0.39, 0.29) is 36.0 Å². The van der Waals surface area contributed by atoms with Crippen molar-refractivity contribution in [2.45, 2.75) is 26.1 Å². The third kappa shape index (κ3) is 8.27. The molecule has 2 aromatic heterocycles. The number of rotatable bonds is 14. The van der Waals surface area contributed by atoms with Crippen LogP contribution in [0.5, 0.6) is 34.8 Å². The number of benzene rings is 3. The first-order valence-corrected chi connectivity index (χ1v) is 14.7. The Labute approximate surface area is 278 Å². The summed E-state index contributed by atoms with van der Waals surface area (Å²) < 4.78 is 61.5. The van der Waals surface area contributed by atoms with E-state index in [0.29, 0.717) is 11.4 Å². The van der Waals surface area contributed by atoms with Crippen molar-refractivity contribution in [1.82, 2.24) is 14.5 Å². The number of nitriles is 1. The first-order valence-electron chi connectivity index (χ1n) is 14.7. The molecule has 14 heteroatoms. The molecular weight excluding hydrogens is 642 g/mol. The molecule has 12 nitrogen and oxygen atoms in total. The van der Waals surface area contributed by atoms with E-state index in [1.54, 1.807) is 36.1 Å². The second-order valence-electron chi connectivity index (χ2n) is 10.3. The number of aromatic nitrogens is 3. The summed E-state index contributed by atoms with van der Waals surface area (Å²) in [6.07, 6.45) is 0.379. The van der Waals surface area contributed by atoms with Gasteiger partial charge in [-0.3, -0.25) is 4.79 Å². The molecular formula is C35H28F2N4O8. The maximum Gasteiger partial charge on any atom is 0.347 e. The fraction of sp³-hybridized carbons (Fsp3) is 0.171. The maximum absolute atomic E-state index is 16.1. The van der Waals surface area contributed by atoms with Gasteiger partial charge in [-0.1, -0.05) is 42.5 Å². The standard InChI is InChI=1S/C35H28F2N4O8/c1-3-45-35(44)27(18-28(42)43)48-31-29(36)33(47-24-11-7-10-23(17-24)32-39-14-15-41(32)2)40-34(30(31)37)49-26-16-22(19-38)12-13-25(26)46-20-21-8-5-4-6-9-21/h4-17,27H,3,18,20H2,1-2H3,(H,42,43). The molecule has 0 bridgehead atoms. The van der Waals surface area contributed by atoms with Crippen LogP contribution in [-0.4, -0.2) is 44.3 Å². The highest BCUT2D eigenvalue weighted by atomic mass is 19.1. The van der Waals surface area contributed by atoms with Crippen LogP contribution in [0.4, 0.5) is 8.78 Å². The average molecular weight is 671 g/mol. The normalized spacial score (nSPS) is 11.2. The highest BCUT2D eigenvalue weighted by Gasteiger charge is 2.32. The van der Waals surface area contributed by atoms with Crippen molar-refractivity contribution in [3.8, 4) is 52.2 Å². The van der Waals surface area contributed by atoms with E-state index in [1.807, 2.05) is 36.4 Å². The summed E-state index contributed by atoms with van der Waals surface area (Å²) >= 11 is 0. The van der Waals surface area contributed by atoms with E-state index in [2.05, 4.69) is 9.97 Å². The third-order valence-corrected chi connectivity index (χ3v) is 6.79. The van der Waals surface area contributed by atoms with Gasteiger partial charge in [-0.2, -0.15) is 19.0 Å². The molecule has 1 N–H and O–H groups in total. The number of esters is 1. The molecule has 0 radical (unpaired) electrons. The monoisotopic (exact) mass is 670 g/mol. The molecule has 49 heavy (non-hydrogen) atoms. The zero-order valence-corrected chi connectivity index (χ0v) is 26.1. The van der Waals surface area contributed by atoms with Gasteiger partial charge < -0.3 is 33.4 Å². The summed E-state index contributed by atoms with van der Waals surface area (Å²) in [7, 11) is 1.78. The first kappa shape index (κ1) is 33.9. The van der Waals surface area contributed by atoms with Crippen LogP contribution >= 0.6 is 0 Å². The Hall–Kier alpha value is -6.49. The number of pyridine rings is 1. The molecule has 0 aliphatic carbocycles. The van der Waals surface area contributed by atoms with Gasteiger partial charge in [0, 0.05) is 31.1 Å². The van der Waals surface area contributed by atoms with Crippen LogP contribution < -0.4 is 18.9 Å². The summed E-state index contributed by atoms with van der Waals surface area (Å²) in [5.41, 5.74) is 1.51. The number of carboxylic acids is 1. The van der Waals surface area contributed by atoms with Gasteiger partial charge in [0.05, 0.1) is 24.7 Å². The van der Waals surface area contributed by atoms with Gasteiger partial charge in [-0.05, 0) is 36.8 Å². The lowest BCUT2D eigenvalue weighted by molar-refractivity contribution is -0.156. The number of nitrogens with zero attached hydrogens (tertiary/aromatic N) is 4. The second kappa shape index (κ2) is 15.4. The predicted molar refractivity (Wildman–Crippen MR) is 168 cm³/mol. The number of hydrogen-bond acceptors (Lipinski definition) is 10. The molecule has 250 valence electrons. The van der Waals surface area contributed by atoms with Crippen LogP contribution in [0.1, 0.15) is 24.5 Å². The van der Waals surface area contributed by atoms with E-state index in [1.165, 1.54) is 37.3 Å². The fourth-order valence-electron chi connectivity index (χ4n) is 4.50. The molecule has 0 amide bonds. The molecule has 0 aliphatic heterocycles. The number of halogens is 2. The predicted octanol–water partition coefficient (Wildman–Crippen LogP) is 6.58. The van der Waals surface area contributed by atoms with E-state index in [0.717, 1.165) is 5.56 Å². The van der Waals surface area contributed by atoms with Crippen LogP contribution in [0.15, 0.2) is 85.2 Å². The summed E-state index contributed by atoms with van der Waals surface area (Å²) in [5, 5.41) is 18.9. The Bertz CT molecular complexity index is 2010. The van der Waals surface area contributed by atoms with E-state index in [9.17, 15) is 20.0 Å². The minimum atomic E-state index is -1.96. The largest absolute Gasteiger partial charge is 0.485 e. The van der Waals surface area contributed by atoms with Gasteiger partial charge in [0.2, 0.25) is 23.5 Å². The van der Waals surface area contributed by atoms with Crippen molar-refractivity contribution in [2.75, 3.05) is 6.61 Å². The minimum absolute atomic E-state index is 0.0567. The van der Waals surface area contributed by atoms with Crippen molar-refractivity contribution in [2.24, 2.45) is 7.05 Å². The van der Waals surface area contributed by atoms with E-state index in [4.69, 9.17) is 23.7 Å². The molecule has 5 rings (SSSR count). The minimum Gasteiger partial charge on any atom is -0.485 e. The van der Waals surface area contributed by atoms with Crippen molar-refractivity contribution in [3.05, 3.63) is 108 Å². The van der Waals surface area contributed by atoms with E-state index >= 15 is 8.78 Å². The van der Waals surface area contributed by atoms with Crippen LogP contribution in [0.25, 0.3) is 11.4 Å². The summed E-state index contributed by atoms with van der Waals surface area (Å²) in [5.74, 6) is -8.14. The molecule has 1 atom stereocenters. The highest BCUT2D eigenvalue weighted by molar-refractivity contribution is 5.81. The number of aliphatic carboxylic acids is 1. The summed E-state index contributed by atoms with van der Waals surface area (Å²) in [4.78, 5) is 32.3. The van der Waals surface area contributed by atoms with E-state index < -0.39 is 53.6 Å². The average Bonchev–Trinajstić information content (AvgIpc) is 3.53. The van der Waals surface area contributed by atoms with Gasteiger partial charge in [-0.25, -0.2) is 9.78 Å². The molecule has 0 spiro atoms. The Kier molecular flexibility index (Phi) is 10.6. The van der Waals surface area contributed by atoms with Crippen molar-refractivity contribution in [3.63, 3.8) is 0 Å². The zero-order chi connectivity index (χ0) is 34.9. The molecule has 5 aromatic rings. The van der Waals surface area contributed by atoms with Gasteiger partial charge in [-0.15, -0.1) is 0 Å². The lowest BCUT2D eigenvalue weighted by Gasteiger charge is -2.19. The number of aryl methyl sites for hydroxylation is 1. The zero-order valence-electron chi connectivity index (χ0n) is 26.1. The van der Waals surface area contributed by atoms with Crippen LogP contribution in [0.3, 0.4) is 0 Å².